The van der Waals surface area contributed by atoms with Gasteiger partial charge in [0.1, 0.15) is 0 Å². The molecule has 1 heterocycles. The van der Waals surface area contributed by atoms with Gasteiger partial charge >= 0.3 is 6.18 Å². The number of fused-ring (bicyclic) bond motifs is 1. The van der Waals surface area contributed by atoms with Crippen molar-refractivity contribution < 1.29 is 18.0 Å². The van der Waals surface area contributed by atoms with Gasteiger partial charge in [-0.15, -0.1) is 0 Å². The summed E-state index contributed by atoms with van der Waals surface area (Å²) in [5, 5.41) is 6.65. The van der Waals surface area contributed by atoms with Crippen LogP contribution in [0.15, 0.2) is 30.3 Å². The van der Waals surface area contributed by atoms with Crippen molar-refractivity contribution in [2.45, 2.75) is 51.9 Å². The second-order valence-electron chi connectivity index (χ2n) is 6.90. The van der Waals surface area contributed by atoms with Gasteiger partial charge in [0.15, 0.2) is 5.69 Å². The first-order valence-electron chi connectivity index (χ1n) is 8.75. The Morgan fingerprint density at radius 1 is 1.38 bits per heavy atom. The smallest absolute Gasteiger partial charge is 0.349 e. The van der Waals surface area contributed by atoms with Gasteiger partial charge in [-0.1, -0.05) is 31.2 Å². The molecule has 1 aromatic heterocycles. The minimum atomic E-state index is -4.48. The summed E-state index contributed by atoms with van der Waals surface area (Å²) in [5.41, 5.74) is 1.84. The Morgan fingerprint density at radius 3 is 2.81 bits per heavy atom. The molecule has 3 rings (SSSR count). The molecular weight excluding hydrogens is 343 g/mol. The maximum absolute atomic E-state index is 12.8. The zero-order chi connectivity index (χ0) is 18.9. The van der Waals surface area contributed by atoms with Crippen LogP contribution in [-0.2, 0) is 23.9 Å². The van der Waals surface area contributed by atoms with Crippen LogP contribution in [0.1, 0.15) is 48.3 Å². The van der Waals surface area contributed by atoms with Crippen molar-refractivity contribution in [1.82, 2.24) is 15.1 Å². The number of carbonyl (C=O) groups is 1. The van der Waals surface area contributed by atoms with E-state index in [1.54, 1.807) is 13.8 Å². The molecule has 0 fully saturated rings. The molecule has 0 saturated carbocycles. The minimum absolute atomic E-state index is 0.0423. The van der Waals surface area contributed by atoms with Gasteiger partial charge in [-0.3, -0.25) is 9.48 Å². The van der Waals surface area contributed by atoms with Crippen molar-refractivity contribution in [2.24, 2.45) is 5.92 Å². The van der Waals surface area contributed by atoms with Crippen LogP contribution in [0.25, 0.3) is 0 Å². The number of aromatic nitrogens is 2. The zero-order valence-electron chi connectivity index (χ0n) is 14.8. The summed E-state index contributed by atoms with van der Waals surface area (Å²) in [4.78, 5) is 12.6. The predicted octanol–water partition coefficient (Wildman–Crippen LogP) is 4.04. The number of aryl methyl sites for hydroxylation is 2. The van der Waals surface area contributed by atoms with E-state index in [4.69, 9.17) is 0 Å². The molecule has 1 aliphatic rings. The van der Waals surface area contributed by atoms with Gasteiger partial charge in [-0.05, 0) is 43.4 Å². The van der Waals surface area contributed by atoms with Crippen molar-refractivity contribution in [2.75, 3.05) is 0 Å². The molecule has 26 heavy (non-hydrogen) atoms. The lowest BCUT2D eigenvalue weighted by atomic mass is 9.87. The quantitative estimate of drug-likeness (QED) is 0.889. The number of nitrogens with one attached hydrogen (secondary N) is 1. The van der Waals surface area contributed by atoms with E-state index >= 15 is 0 Å². The first kappa shape index (κ1) is 18.5. The summed E-state index contributed by atoms with van der Waals surface area (Å²) in [5.74, 6) is -0.654. The number of hydrogen-bond acceptors (Lipinski definition) is 2. The Labute approximate surface area is 150 Å². The number of rotatable bonds is 4. The lowest BCUT2D eigenvalue weighted by Gasteiger charge is -2.27. The molecule has 0 aliphatic heterocycles. The lowest BCUT2D eigenvalue weighted by molar-refractivity contribution is -0.141. The van der Waals surface area contributed by atoms with Crippen LogP contribution < -0.4 is 5.32 Å². The van der Waals surface area contributed by atoms with Gasteiger partial charge in [0.25, 0.3) is 0 Å². The number of hydrogen-bond donors (Lipinski definition) is 1. The summed E-state index contributed by atoms with van der Waals surface area (Å²) in [6.45, 7) is 3.38. The zero-order valence-corrected chi connectivity index (χ0v) is 14.8. The van der Waals surface area contributed by atoms with Crippen LogP contribution in [0.4, 0.5) is 13.2 Å². The molecular formula is C19H22F3N3O. The van der Waals surface area contributed by atoms with Gasteiger partial charge in [-0.25, -0.2) is 0 Å². The molecule has 1 aromatic carbocycles. The third kappa shape index (κ3) is 3.92. The van der Waals surface area contributed by atoms with E-state index in [-0.39, 0.29) is 18.5 Å². The van der Waals surface area contributed by atoms with Crippen molar-refractivity contribution in [1.29, 1.82) is 0 Å². The van der Waals surface area contributed by atoms with Gasteiger partial charge in [0.05, 0.1) is 18.5 Å². The van der Waals surface area contributed by atoms with Gasteiger partial charge in [-0.2, -0.15) is 18.3 Å². The van der Waals surface area contributed by atoms with Crippen molar-refractivity contribution in [3.05, 3.63) is 52.8 Å². The molecule has 0 bridgehead atoms. The maximum Gasteiger partial charge on any atom is 0.435 e. The van der Waals surface area contributed by atoms with Crippen LogP contribution in [-0.4, -0.2) is 15.7 Å². The predicted molar refractivity (Wildman–Crippen MR) is 91.4 cm³/mol. The number of carbonyl (C=O) groups excluding carboxylic acids is 1. The Bertz CT molecular complexity index is 798. The van der Waals surface area contributed by atoms with Crippen molar-refractivity contribution in [3.8, 4) is 0 Å². The fourth-order valence-electron chi connectivity index (χ4n) is 3.39. The highest BCUT2D eigenvalue weighted by Crippen LogP contribution is 2.30. The lowest BCUT2D eigenvalue weighted by Crippen LogP contribution is -2.36. The standard InChI is InChI=1S/C19H22F3N3O/c1-12(11-25-13(2)10-17(24-25)19(20,21)22)18(26)23-16-9-5-7-14-6-3-4-8-15(14)16/h3-4,6,8,10,12,16H,5,7,9,11H2,1-2H3,(H,23,26). The molecule has 1 amide bonds. The number of nitrogens with zero attached hydrogens (tertiary/aromatic N) is 2. The Balaban J connectivity index is 1.67. The summed E-state index contributed by atoms with van der Waals surface area (Å²) < 4.78 is 39.6. The molecule has 140 valence electrons. The average Bonchev–Trinajstić information content (AvgIpc) is 2.96. The molecule has 2 aromatic rings. The van der Waals surface area contributed by atoms with Gasteiger partial charge in [0, 0.05) is 5.69 Å². The molecule has 1 N–H and O–H groups in total. The highest BCUT2D eigenvalue weighted by molar-refractivity contribution is 5.78. The van der Waals surface area contributed by atoms with Crippen LogP contribution in [0.2, 0.25) is 0 Å². The average molecular weight is 365 g/mol. The van der Waals surface area contributed by atoms with Crippen molar-refractivity contribution >= 4 is 5.91 Å². The molecule has 7 heteroatoms. The minimum Gasteiger partial charge on any atom is -0.349 e. The van der Waals surface area contributed by atoms with Crippen molar-refractivity contribution in [3.63, 3.8) is 0 Å². The topological polar surface area (TPSA) is 46.9 Å². The van der Waals surface area contributed by atoms with E-state index in [1.165, 1.54) is 10.2 Å². The maximum atomic E-state index is 12.8. The highest BCUT2D eigenvalue weighted by Gasteiger charge is 2.34. The van der Waals surface area contributed by atoms with Gasteiger partial charge < -0.3 is 5.32 Å². The monoisotopic (exact) mass is 365 g/mol. The summed E-state index contributed by atoms with van der Waals surface area (Å²) >= 11 is 0. The van der Waals surface area contributed by atoms with E-state index in [0.717, 1.165) is 30.9 Å². The number of amides is 1. The first-order chi connectivity index (χ1) is 12.3. The molecule has 2 unspecified atom stereocenters. The van der Waals surface area contributed by atoms with Crippen LogP contribution in [0, 0.1) is 12.8 Å². The molecule has 0 radical (unpaired) electrons. The molecule has 0 saturated heterocycles. The second-order valence-corrected chi connectivity index (χ2v) is 6.90. The molecule has 4 nitrogen and oxygen atoms in total. The summed E-state index contributed by atoms with van der Waals surface area (Å²) in [6, 6.07) is 9.00. The van der Waals surface area contributed by atoms with Crippen LogP contribution in [0.3, 0.4) is 0 Å². The number of halogens is 3. The Kier molecular flexibility index (Phi) is 5.07. The second kappa shape index (κ2) is 7.13. The molecule has 2 atom stereocenters. The fraction of sp³-hybridized carbons (Fsp3) is 0.474. The SMILES string of the molecule is Cc1cc(C(F)(F)F)nn1CC(C)C(=O)NC1CCCc2ccccc21. The highest BCUT2D eigenvalue weighted by atomic mass is 19.4. The van der Waals surface area contributed by atoms with E-state index in [1.807, 2.05) is 18.2 Å². The fourth-order valence-corrected chi connectivity index (χ4v) is 3.39. The third-order valence-corrected chi connectivity index (χ3v) is 4.85. The van der Waals surface area contributed by atoms with E-state index in [9.17, 15) is 18.0 Å². The van der Waals surface area contributed by atoms with Gasteiger partial charge in [0.2, 0.25) is 5.91 Å². The largest absolute Gasteiger partial charge is 0.435 e. The van der Waals surface area contributed by atoms with Crippen LogP contribution >= 0.6 is 0 Å². The first-order valence-corrected chi connectivity index (χ1v) is 8.75. The third-order valence-electron chi connectivity index (χ3n) is 4.85. The van der Waals surface area contributed by atoms with E-state index in [0.29, 0.717) is 5.69 Å². The molecule has 1 aliphatic carbocycles. The van der Waals surface area contributed by atoms with E-state index < -0.39 is 17.8 Å². The number of alkyl halides is 3. The molecule has 0 spiro atoms. The number of benzene rings is 1. The van der Waals surface area contributed by atoms with E-state index in [2.05, 4.69) is 16.5 Å². The normalized spacial score (nSPS) is 18.3. The summed E-state index contributed by atoms with van der Waals surface area (Å²) in [6.07, 6.45) is -1.60. The van der Waals surface area contributed by atoms with Crippen LogP contribution in [0.5, 0.6) is 0 Å². The Hall–Kier alpha value is -2.31. The summed E-state index contributed by atoms with van der Waals surface area (Å²) in [7, 11) is 0. The Morgan fingerprint density at radius 2 is 2.12 bits per heavy atom.